The Bertz CT molecular complexity index is 461. The SMILES string of the molecule is CCCN(CC(=O)O)S(=O)(=O)C1CCCC1C(=O)OC. The third-order valence-corrected chi connectivity index (χ3v) is 5.84. The van der Waals surface area contributed by atoms with Gasteiger partial charge in [0.1, 0.15) is 6.54 Å². The van der Waals surface area contributed by atoms with Crippen LogP contribution in [0.4, 0.5) is 0 Å². The lowest BCUT2D eigenvalue weighted by atomic mass is 10.1. The summed E-state index contributed by atoms with van der Waals surface area (Å²) in [6.45, 7) is 1.34. The normalized spacial score (nSPS) is 22.9. The zero-order chi connectivity index (χ0) is 15.3. The predicted octanol–water partition coefficient (Wildman–Crippen LogP) is 0.454. The summed E-state index contributed by atoms with van der Waals surface area (Å²) in [5.74, 6) is -2.43. The van der Waals surface area contributed by atoms with Crippen molar-refractivity contribution in [3.8, 4) is 0 Å². The number of methoxy groups -OCH3 is 1. The van der Waals surface area contributed by atoms with Crippen molar-refractivity contribution in [2.75, 3.05) is 20.2 Å². The van der Waals surface area contributed by atoms with Crippen LogP contribution < -0.4 is 0 Å². The van der Waals surface area contributed by atoms with Gasteiger partial charge in [0.05, 0.1) is 18.3 Å². The number of nitrogens with zero attached hydrogens (tertiary/aromatic N) is 1. The molecule has 1 aliphatic rings. The van der Waals surface area contributed by atoms with Gasteiger partial charge in [-0.05, 0) is 19.3 Å². The second kappa shape index (κ2) is 7.03. The van der Waals surface area contributed by atoms with Gasteiger partial charge in [-0.25, -0.2) is 8.42 Å². The van der Waals surface area contributed by atoms with Crippen LogP contribution in [0, 0.1) is 5.92 Å². The first-order valence-electron chi connectivity index (χ1n) is 6.63. The van der Waals surface area contributed by atoms with Gasteiger partial charge in [-0.3, -0.25) is 9.59 Å². The monoisotopic (exact) mass is 307 g/mol. The molecular weight excluding hydrogens is 286 g/mol. The van der Waals surface area contributed by atoms with Gasteiger partial charge in [0.15, 0.2) is 0 Å². The first kappa shape index (κ1) is 16.9. The van der Waals surface area contributed by atoms with Crippen LogP contribution in [0.3, 0.4) is 0 Å². The maximum atomic E-state index is 12.5. The average Bonchev–Trinajstić information content (AvgIpc) is 2.86. The quantitative estimate of drug-likeness (QED) is 0.685. The summed E-state index contributed by atoms with van der Waals surface area (Å²) >= 11 is 0. The van der Waals surface area contributed by atoms with Crippen LogP contribution in [0.15, 0.2) is 0 Å². The Hall–Kier alpha value is -1.15. The lowest BCUT2D eigenvalue weighted by Gasteiger charge is -2.26. The van der Waals surface area contributed by atoms with Crippen molar-refractivity contribution in [1.82, 2.24) is 4.31 Å². The third-order valence-electron chi connectivity index (χ3n) is 3.48. The molecule has 116 valence electrons. The van der Waals surface area contributed by atoms with Crippen molar-refractivity contribution in [1.29, 1.82) is 0 Å². The molecule has 1 saturated carbocycles. The third kappa shape index (κ3) is 3.69. The minimum absolute atomic E-state index is 0.138. The zero-order valence-electron chi connectivity index (χ0n) is 11.7. The van der Waals surface area contributed by atoms with Crippen LogP contribution in [0.1, 0.15) is 32.6 Å². The topological polar surface area (TPSA) is 101 Å². The van der Waals surface area contributed by atoms with Gasteiger partial charge in [0, 0.05) is 6.54 Å². The maximum absolute atomic E-state index is 12.5. The van der Waals surface area contributed by atoms with Gasteiger partial charge < -0.3 is 9.84 Å². The Morgan fingerprint density at radius 1 is 1.35 bits per heavy atom. The molecule has 7 nitrogen and oxygen atoms in total. The minimum atomic E-state index is -3.81. The van der Waals surface area contributed by atoms with Crippen LogP contribution in [0.25, 0.3) is 0 Å². The lowest BCUT2D eigenvalue weighted by molar-refractivity contribution is -0.145. The Morgan fingerprint density at radius 2 is 2.00 bits per heavy atom. The fraction of sp³-hybridized carbons (Fsp3) is 0.833. The first-order chi connectivity index (χ1) is 9.34. The van der Waals surface area contributed by atoms with Crippen LogP contribution in [-0.4, -0.2) is 55.2 Å². The molecule has 0 aromatic heterocycles. The Labute approximate surface area is 118 Å². The maximum Gasteiger partial charge on any atom is 0.318 e. The number of hydrogen-bond acceptors (Lipinski definition) is 5. The highest BCUT2D eigenvalue weighted by Gasteiger charge is 2.44. The summed E-state index contributed by atoms with van der Waals surface area (Å²) in [5.41, 5.74) is 0. The number of ether oxygens (including phenoxy) is 1. The van der Waals surface area contributed by atoms with E-state index in [1.54, 1.807) is 6.92 Å². The molecular formula is C12H21NO6S. The molecule has 0 aromatic carbocycles. The number of aliphatic carboxylic acids is 1. The molecule has 1 aliphatic carbocycles. The van der Waals surface area contributed by atoms with E-state index in [-0.39, 0.29) is 6.54 Å². The highest BCUT2D eigenvalue weighted by Crippen LogP contribution is 2.33. The number of carbonyl (C=O) groups is 2. The molecule has 0 aliphatic heterocycles. The number of carbonyl (C=O) groups excluding carboxylic acids is 1. The number of carboxylic acids is 1. The molecule has 8 heteroatoms. The fourth-order valence-electron chi connectivity index (χ4n) is 2.59. The van der Waals surface area contributed by atoms with Crippen molar-refractivity contribution < 1.29 is 27.9 Å². The minimum Gasteiger partial charge on any atom is -0.480 e. The average molecular weight is 307 g/mol. The molecule has 0 radical (unpaired) electrons. The van der Waals surface area contributed by atoms with E-state index in [1.807, 2.05) is 0 Å². The van der Waals surface area contributed by atoms with E-state index in [1.165, 1.54) is 7.11 Å². The van der Waals surface area contributed by atoms with Gasteiger partial charge in [0.25, 0.3) is 0 Å². The largest absolute Gasteiger partial charge is 0.480 e. The number of esters is 1. The standard InChI is InChI=1S/C12H21NO6S/c1-3-7-13(8-11(14)15)20(17,18)10-6-4-5-9(10)12(16)19-2/h9-10H,3-8H2,1-2H3,(H,14,15). The van der Waals surface area contributed by atoms with Crippen LogP contribution in [0.5, 0.6) is 0 Å². The summed E-state index contributed by atoms with van der Waals surface area (Å²) in [6, 6.07) is 0. The highest BCUT2D eigenvalue weighted by atomic mass is 32.2. The Balaban J connectivity index is 2.99. The van der Waals surface area contributed by atoms with Gasteiger partial charge in [0.2, 0.25) is 10.0 Å². The predicted molar refractivity (Wildman–Crippen MR) is 71.6 cm³/mol. The van der Waals surface area contributed by atoms with Crippen molar-refractivity contribution in [2.24, 2.45) is 5.92 Å². The molecule has 0 bridgehead atoms. The molecule has 20 heavy (non-hydrogen) atoms. The van der Waals surface area contributed by atoms with E-state index in [9.17, 15) is 18.0 Å². The van der Waals surface area contributed by atoms with E-state index < -0.39 is 39.7 Å². The molecule has 0 aromatic rings. The van der Waals surface area contributed by atoms with E-state index in [0.29, 0.717) is 25.7 Å². The molecule has 1 rings (SSSR count). The molecule has 0 saturated heterocycles. The van der Waals surface area contributed by atoms with Gasteiger partial charge in [-0.15, -0.1) is 0 Å². The number of rotatable bonds is 7. The second-order valence-electron chi connectivity index (χ2n) is 4.87. The Morgan fingerprint density at radius 3 is 2.50 bits per heavy atom. The van der Waals surface area contributed by atoms with Crippen molar-refractivity contribution in [3.05, 3.63) is 0 Å². The van der Waals surface area contributed by atoms with Crippen molar-refractivity contribution >= 4 is 22.0 Å². The van der Waals surface area contributed by atoms with Gasteiger partial charge in [-0.2, -0.15) is 4.31 Å². The summed E-state index contributed by atoms with van der Waals surface area (Å²) in [6.07, 6.45) is 1.96. The van der Waals surface area contributed by atoms with Crippen molar-refractivity contribution in [3.63, 3.8) is 0 Å². The van der Waals surface area contributed by atoms with Crippen LogP contribution in [-0.2, 0) is 24.3 Å². The Kier molecular flexibility index (Phi) is 5.94. The van der Waals surface area contributed by atoms with Gasteiger partial charge >= 0.3 is 11.9 Å². The number of sulfonamides is 1. The van der Waals surface area contributed by atoms with Gasteiger partial charge in [-0.1, -0.05) is 13.3 Å². The lowest BCUT2D eigenvalue weighted by Crippen LogP contribution is -2.44. The van der Waals surface area contributed by atoms with Crippen molar-refractivity contribution in [2.45, 2.75) is 37.9 Å². The molecule has 1 fully saturated rings. The highest BCUT2D eigenvalue weighted by molar-refractivity contribution is 7.89. The van der Waals surface area contributed by atoms with Crippen LogP contribution in [0.2, 0.25) is 0 Å². The molecule has 0 spiro atoms. The summed E-state index contributed by atoms with van der Waals surface area (Å²) in [7, 11) is -2.58. The molecule has 0 amide bonds. The second-order valence-corrected chi connectivity index (χ2v) is 7.02. The summed E-state index contributed by atoms with van der Waals surface area (Å²) in [4.78, 5) is 22.5. The van der Waals surface area contributed by atoms with Crippen LogP contribution >= 0.6 is 0 Å². The molecule has 0 heterocycles. The smallest absolute Gasteiger partial charge is 0.318 e. The first-order valence-corrected chi connectivity index (χ1v) is 8.13. The van der Waals surface area contributed by atoms with E-state index in [4.69, 9.17) is 5.11 Å². The molecule has 2 atom stereocenters. The van der Waals surface area contributed by atoms with E-state index in [2.05, 4.69) is 4.74 Å². The molecule has 2 unspecified atom stereocenters. The van der Waals surface area contributed by atoms with E-state index in [0.717, 1.165) is 4.31 Å². The number of hydrogen-bond donors (Lipinski definition) is 1. The fourth-order valence-corrected chi connectivity index (χ4v) is 4.83. The molecule has 1 N–H and O–H groups in total. The zero-order valence-corrected chi connectivity index (χ0v) is 12.6. The summed E-state index contributed by atoms with van der Waals surface area (Å²) in [5, 5.41) is 7.97. The number of carboxylic acid groups (broad SMARTS) is 1. The summed E-state index contributed by atoms with van der Waals surface area (Å²) < 4.78 is 30.7. The van der Waals surface area contributed by atoms with E-state index >= 15 is 0 Å².